The van der Waals surface area contributed by atoms with Crippen molar-refractivity contribution in [2.45, 2.75) is 50.0 Å². The predicted octanol–water partition coefficient (Wildman–Crippen LogP) is 1.96. The second-order valence-electron chi connectivity index (χ2n) is 5.36. The Morgan fingerprint density at radius 1 is 1.40 bits per heavy atom. The Kier molecular flexibility index (Phi) is 4.49. The molecule has 2 rings (SSSR count). The first kappa shape index (κ1) is 15.1. The first-order valence-corrected chi connectivity index (χ1v) is 8.32. The van der Waals surface area contributed by atoms with Crippen LogP contribution in [0.4, 0.5) is 0 Å². The number of carboxylic acids is 1. The van der Waals surface area contributed by atoms with E-state index in [2.05, 4.69) is 9.71 Å². The average Bonchev–Trinajstić information content (AvgIpc) is 2.90. The van der Waals surface area contributed by atoms with E-state index in [1.165, 1.54) is 12.6 Å². The van der Waals surface area contributed by atoms with Crippen molar-refractivity contribution < 1.29 is 18.3 Å². The molecule has 112 valence electrons. The number of hydrogen-bond acceptors (Lipinski definition) is 3. The molecule has 0 bridgehead atoms. The molecule has 1 saturated carbocycles. The van der Waals surface area contributed by atoms with E-state index in [9.17, 15) is 13.2 Å². The van der Waals surface area contributed by atoms with Gasteiger partial charge < -0.3 is 10.1 Å². The fourth-order valence-electron chi connectivity index (χ4n) is 2.70. The van der Waals surface area contributed by atoms with E-state index >= 15 is 0 Å². The largest absolute Gasteiger partial charge is 0.477 e. The van der Waals surface area contributed by atoms with Crippen LogP contribution in [0.15, 0.2) is 17.2 Å². The zero-order valence-corrected chi connectivity index (χ0v) is 12.2. The molecule has 0 saturated heterocycles. The van der Waals surface area contributed by atoms with Crippen molar-refractivity contribution in [1.82, 2.24) is 9.71 Å². The molecule has 0 aromatic carbocycles. The summed E-state index contributed by atoms with van der Waals surface area (Å²) in [6.07, 6.45) is 6.79. The van der Waals surface area contributed by atoms with E-state index < -0.39 is 16.0 Å². The minimum Gasteiger partial charge on any atom is -0.477 e. The third kappa shape index (κ3) is 3.40. The van der Waals surface area contributed by atoms with E-state index in [0.717, 1.165) is 31.7 Å². The zero-order valence-electron chi connectivity index (χ0n) is 11.4. The number of carbonyl (C=O) groups is 1. The molecule has 0 spiro atoms. The van der Waals surface area contributed by atoms with Gasteiger partial charge in [0, 0.05) is 12.2 Å². The minimum atomic E-state index is -3.67. The minimum absolute atomic E-state index is 0.0300. The Balaban J connectivity index is 2.07. The maximum absolute atomic E-state index is 12.2. The van der Waals surface area contributed by atoms with Crippen LogP contribution >= 0.6 is 0 Å². The Bertz CT molecular complexity index is 573. The highest BCUT2D eigenvalue weighted by atomic mass is 32.2. The van der Waals surface area contributed by atoms with Crippen molar-refractivity contribution in [3.8, 4) is 0 Å². The monoisotopic (exact) mass is 300 g/mol. The van der Waals surface area contributed by atoms with Gasteiger partial charge in [0.2, 0.25) is 10.0 Å². The summed E-state index contributed by atoms with van der Waals surface area (Å²) in [4.78, 5) is 13.2. The van der Waals surface area contributed by atoms with Gasteiger partial charge in [-0.25, -0.2) is 17.9 Å². The van der Waals surface area contributed by atoms with Gasteiger partial charge in [-0.05, 0) is 31.7 Å². The topological polar surface area (TPSA) is 99.3 Å². The lowest BCUT2D eigenvalue weighted by molar-refractivity contribution is 0.0691. The normalized spacial score (nSPS) is 18.9. The summed E-state index contributed by atoms with van der Waals surface area (Å²) in [5.41, 5.74) is -0.129. The van der Waals surface area contributed by atoms with Crippen molar-refractivity contribution in [3.63, 3.8) is 0 Å². The molecule has 0 amide bonds. The van der Waals surface area contributed by atoms with Crippen molar-refractivity contribution >= 4 is 16.0 Å². The van der Waals surface area contributed by atoms with Crippen LogP contribution in [-0.4, -0.2) is 30.5 Å². The number of sulfonamides is 1. The molecule has 1 heterocycles. The lowest BCUT2D eigenvalue weighted by Crippen LogP contribution is -2.38. The quantitative estimate of drug-likeness (QED) is 0.774. The Morgan fingerprint density at radius 2 is 2.05 bits per heavy atom. The van der Waals surface area contributed by atoms with Crippen molar-refractivity contribution in [3.05, 3.63) is 18.0 Å². The first-order valence-electron chi connectivity index (χ1n) is 6.84. The summed E-state index contributed by atoms with van der Waals surface area (Å²) in [6.45, 7) is 1.87. The predicted molar refractivity (Wildman–Crippen MR) is 74.1 cm³/mol. The van der Waals surface area contributed by atoms with Crippen LogP contribution in [0.25, 0.3) is 0 Å². The molecule has 1 atom stereocenters. The number of H-pyrrole nitrogens is 1. The molecule has 20 heavy (non-hydrogen) atoms. The number of aromatic amines is 1. The van der Waals surface area contributed by atoms with Crippen LogP contribution < -0.4 is 4.72 Å². The van der Waals surface area contributed by atoms with E-state index in [0.29, 0.717) is 5.92 Å². The number of aromatic nitrogens is 1. The number of hydrogen-bond donors (Lipinski definition) is 3. The summed E-state index contributed by atoms with van der Waals surface area (Å²) in [7, 11) is -3.67. The van der Waals surface area contributed by atoms with Gasteiger partial charge in [-0.15, -0.1) is 0 Å². The summed E-state index contributed by atoms with van der Waals surface area (Å²) in [5, 5.41) is 8.80. The van der Waals surface area contributed by atoms with Crippen LogP contribution in [0, 0.1) is 5.92 Å². The Morgan fingerprint density at radius 3 is 2.60 bits per heavy atom. The molecule has 0 radical (unpaired) electrons. The molecule has 6 nitrogen and oxygen atoms in total. The molecular formula is C13H20N2O4S. The highest BCUT2D eigenvalue weighted by Gasteiger charge is 2.26. The maximum Gasteiger partial charge on any atom is 0.352 e. The van der Waals surface area contributed by atoms with Gasteiger partial charge in [-0.2, -0.15) is 0 Å². The molecule has 1 aliphatic rings. The highest BCUT2D eigenvalue weighted by Crippen LogP contribution is 2.27. The van der Waals surface area contributed by atoms with Gasteiger partial charge >= 0.3 is 5.97 Å². The van der Waals surface area contributed by atoms with E-state index in [1.807, 2.05) is 6.92 Å². The molecule has 0 aliphatic heterocycles. The molecule has 7 heteroatoms. The number of aromatic carboxylic acids is 1. The smallest absolute Gasteiger partial charge is 0.352 e. The van der Waals surface area contributed by atoms with E-state index in [4.69, 9.17) is 5.11 Å². The standard InChI is InChI=1S/C13H20N2O4S/c1-9(10-5-3-2-4-6-10)15-20(18,19)11-7-12(13(16)17)14-8-11/h7-10,14-15H,2-6H2,1H3,(H,16,17). The fourth-order valence-corrected chi connectivity index (χ4v) is 4.00. The Hall–Kier alpha value is -1.34. The summed E-state index contributed by atoms with van der Waals surface area (Å²) in [5.74, 6) is -0.816. The number of rotatable bonds is 5. The third-order valence-corrected chi connectivity index (χ3v) is 5.43. The van der Waals surface area contributed by atoms with Gasteiger partial charge in [0.25, 0.3) is 0 Å². The molecule has 1 aliphatic carbocycles. The first-order chi connectivity index (χ1) is 9.40. The molecule has 1 fully saturated rings. The number of nitrogens with one attached hydrogen (secondary N) is 2. The third-order valence-electron chi connectivity index (χ3n) is 3.90. The molecule has 1 unspecified atom stereocenters. The van der Waals surface area contributed by atoms with Gasteiger partial charge in [0.15, 0.2) is 0 Å². The SMILES string of the molecule is CC(NS(=O)(=O)c1c[nH]c(C(=O)O)c1)C1CCCCC1. The van der Waals surface area contributed by atoms with Crippen LogP contribution in [0.1, 0.15) is 49.5 Å². The molecule has 3 N–H and O–H groups in total. The van der Waals surface area contributed by atoms with Crippen LogP contribution in [0.5, 0.6) is 0 Å². The summed E-state index contributed by atoms with van der Waals surface area (Å²) >= 11 is 0. The average molecular weight is 300 g/mol. The highest BCUT2D eigenvalue weighted by molar-refractivity contribution is 7.89. The van der Waals surface area contributed by atoms with Crippen LogP contribution in [-0.2, 0) is 10.0 Å². The van der Waals surface area contributed by atoms with Crippen molar-refractivity contribution in [2.24, 2.45) is 5.92 Å². The zero-order chi connectivity index (χ0) is 14.8. The number of carboxylic acid groups (broad SMARTS) is 1. The summed E-state index contributed by atoms with van der Waals surface area (Å²) < 4.78 is 27.0. The second-order valence-corrected chi connectivity index (χ2v) is 7.08. The molecule has 1 aromatic heterocycles. The lowest BCUT2D eigenvalue weighted by atomic mass is 9.85. The van der Waals surface area contributed by atoms with Gasteiger partial charge in [-0.1, -0.05) is 19.3 Å². The van der Waals surface area contributed by atoms with Gasteiger partial charge in [0.05, 0.1) is 0 Å². The van der Waals surface area contributed by atoms with Gasteiger partial charge in [-0.3, -0.25) is 0 Å². The van der Waals surface area contributed by atoms with E-state index in [1.54, 1.807) is 0 Å². The van der Waals surface area contributed by atoms with Crippen molar-refractivity contribution in [2.75, 3.05) is 0 Å². The lowest BCUT2D eigenvalue weighted by Gasteiger charge is -2.27. The fraction of sp³-hybridized carbons (Fsp3) is 0.615. The van der Waals surface area contributed by atoms with Crippen LogP contribution in [0.3, 0.4) is 0 Å². The summed E-state index contributed by atoms with van der Waals surface area (Å²) in [6, 6.07) is 1.00. The van der Waals surface area contributed by atoms with Crippen LogP contribution in [0.2, 0.25) is 0 Å². The molecular weight excluding hydrogens is 280 g/mol. The molecule has 1 aromatic rings. The Labute approximate surface area is 118 Å². The maximum atomic E-state index is 12.2. The van der Waals surface area contributed by atoms with Gasteiger partial charge in [0.1, 0.15) is 10.6 Å². The van der Waals surface area contributed by atoms with E-state index in [-0.39, 0.29) is 16.6 Å². The second kappa shape index (κ2) is 5.97. The van der Waals surface area contributed by atoms with Crippen molar-refractivity contribution in [1.29, 1.82) is 0 Å².